The van der Waals surface area contributed by atoms with Crippen molar-refractivity contribution in [3.05, 3.63) is 51.5 Å². The summed E-state index contributed by atoms with van der Waals surface area (Å²) in [5, 5.41) is 15.5. The molecule has 1 N–H and O–H groups in total. The Morgan fingerprint density at radius 1 is 1.18 bits per heavy atom. The number of hydrogen-bond donors (Lipinski definition) is 1. The first-order valence-electron chi connectivity index (χ1n) is 8.77. The van der Waals surface area contributed by atoms with Crippen LogP contribution in [0.2, 0.25) is 0 Å². The number of aryl methyl sites for hydroxylation is 1. The van der Waals surface area contributed by atoms with Crippen molar-refractivity contribution >= 4 is 48.6 Å². The van der Waals surface area contributed by atoms with Crippen molar-refractivity contribution < 1.29 is 13.3 Å². The van der Waals surface area contributed by atoms with E-state index in [2.05, 4.69) is 10.3 Å². The zero-order valence-corrected chi connectivity index (χ0v) is 16.7. The fraction of sp³-hybridized carbons (Fsp3) is 0.278. The Kier molecular flexibility index (Phi) is 4.77. The summed E-state index contributed by atoms with van der Waals surface area (Å²) in [6.07, 6.45) is 1.61. The predicted octanol–water partition coefficient (Wildman–Crippen LogP) is 4.04. The molecule has 1 fully saturated rings. The van der Waals surface area contributed by atoms with E-state index < -0.39 is 14.9 Å². The average Bonchev–Trinajstić information content (AvgIpc) is 3.30. The molecule has 146 valence electrons. The molecule has 0 bridgehead atoms. The van der Waals surface area contributed by atoms with Crippen LogP contribution in [0.5, 0.6) is 0 Å². The maximum atomic E-state index is 12.7. The molecule has 1 saturated heterocycles. The normalized spacial score (nSPS) is 15.2. The summed E-state index contributed by atoms with van der Waals surface area (Å²) < 4.78 is 27.8. The molecule has 0 atom stereocenters. The van der Waals surface area contributed by atoms with Crippen LogP contribution >= 0.6 is 11.3 Å². The molecule has 0 amide bonds. The van der Waals surface area contributed by atoms with Crippen LogP contribution in [0, 0.1) is 17.0 Å². The van der Waals surface area contributed by atoms with E-state index in [-0.39, 0.29) is 16.3 Å². The minimum atomic E-state index is -3.72. The van der Waals surface area contributed by atoms with Gasteiger partial charge in [-0.05, 0) is 50.1 Å². The van der Waals surface area contributed by atoms with E-state index in [1.165, 1.54) is 27.8 Å². The average molecular weight is 419 g/mol. The second kappa shape index (κ2) is 7.12. The Bertz CT molecular complexity index is 1170. The summed E-state index contributed by atoms with van der Waals surface area (Å²) in [6, 6.07) is 9.50. The van der Waals surface area contributed by atoms with Crippen molar-refractivity contribution in [3.63, 3.8) is 0 Å². The number of thiazole rings is 1. The molecule has 0 radical (unpaired) electrons. The van der Waals surface area contributed by atoms with Gasteiger partial charge in [0.1, 0.15) is 5.69 Å². The summed E-state index contributed by atoms with van der Waals surface area (Å²) in [5.74, 6) is 0. The second-order valence-electron chi connectivity index (χ2n) is 6.59. The van der Waals surface area contributed by atoms with Crippen LogP contribution in [-0.2, 0) is 10.0 Å². The maximum Gasteiger partial charge on any atom is 0.294 e. The minimum Gasteiger partial charge on any atom is -0.350 e. The lowest BCUT2D eigenvalue weighted by Gasteiger charge is -2.16. The van der Waals surface area contributed by atoms with Gasteiger partial charge in [-0.15, -0.1) is 11.3 Å². The molecule has 1 aliphatic rings. The Hall–Kier alpha value is -2.56. The monoisotopic (exact) mass is 418 g/mol. The topological polar surface area (TPSA) is 105 Å². The minimum absolute atomic E-state index is 0.0554. The number of fused-ring (bicyclic) bond motifs is 1. The Balaban J connectivity index is 1.69. The third kappa shape index (κ3) is 3.46. The Morgan fingerprint density at radius 3 is 2.64 bits per heavy atom. The molecule has 8 nitrogen and oxygen atoms in total. The quantitative estimate of drug-likeness (QED) is 0.495. The first-order chi connectivity index (χ1) is 13.3. The van der Waals surface area contributed by atoms with E-state index in [1.807, 2.05) is 19.1 Å². The number of rotatable bonds is 5. The van der Waals surface area contributed by atoms with Gasteiger partial charge in [-0.3, -0.25) is 10.1 Å². The molecule has 2 heterocycles. The van der Waals surface area contributed by atoms with Crippen LogP contribution in [0.15, 0.2) is 41.3 Å². The summed E-state index contributed by atoms with van der Waals surface area (Å²) >= 11 is 1.54. The molecule has 28 heavy (non-hydrogen) atoms. The van der Waals surface area contributed by atoms with Crippen molar-refractivity contribution in [2.45, 2.75) is 24.7 Å². The van der Waals surface area contributed by atoms with Crippen LogP contribution in [0.1, 0.15) is 17.8 Å². The molecule has 3 aromatic rings. The summed E-state index contributed by atoms with van der Waals surface area (Å²) in [4.78, 5) is 15.3. The van der Waals surface area contributed by atoms with Crippen molar-refractivity contribution in [2.75, 3.05) is 18.4 Å². The van der Waals surface area contributed by atoms with Gasteiger partial charge in [0.2, 0.25) is 10.0 Å². The van der Waals surface area contributed by atoms with E-state index in [4.69, 9.17) is 0 Å². The molecule has 1 aromatic heterocycles. The first kappa shape index (κ1) is 18.8. The highest BCUT2D eigenvalue weighted by Gasteiger charge is 2.29. The number of anilines is 2. The van der Waals surface area contributed by atoms with E-state index in [0.29, 0.717) is 18.8 Å². The smallest absolute Gasteiger partial charge is 0.294 e. The van der Waals surface area contributed by atoms with Gasteiger partial charge in [0, 0.05) is 24.8 Å². The Morgan fingerprint density at radius 2 is 1.93 bits per heavy atom. The summed E-state index contributed by atoms with van der Waals surface area (Å²) in [6.45, 7) is 2.82. The van der Waals surface area contributed by atoms with E-state index in [9.17, 15) is 18.5 Å². The van der Waals surface area contributed by atoms with Crippen molar-refractivity contribution in [1.29, 1.82) is 0 Å². The fourth-order valence-corrected chi connectivity index (χ4v) is 5.68. The number of sulfonamides is 1. The predicted molar refractivity (Wildman–Crippen MR) is 109 cm³/mol. The third-order valence-corrected chi connectivity index (χ3v) is 7.47. The second-order valence-corrected chi connectivity index (χ2v) is 9.76. The zero-order chi connectivity index (χ0) is 19.9. The van der Waals surface area contributed by atoms with Crippen LogP contribution in [-0.4, -0.2) is 35.7 Å². The lowest BCUT2D eigenvalue weighted by Crippen LogP contribution is -2.27. The third-order valence-electron chi connectivity index (χ3n) is 4.64. The van der Waals surface area contributed by atoms with Crippen LogP contribution in [0.25, 0.3) is 10.2 Å². The number of benzene rings is 2. The van der Waals surface area contributed by atoms with Crippen LogP contribution in [0.3, 0.4) is 0 Å². The van der Waals surface area contributed by atoms with E-state index >= 15 is 0 Å². The van der Waals surface area contributed by atoms with E-state index in [1.54, 1.807) is 6.07 Å². The van der Waals surface area contributed by atoms with Crippen molar-refractivity contribution in [3.8, 4) is 0 Å². The van der Waals surface area contributed by atoms with Crippen molar-refractivity contribution in [2.24, 2.45) is 0 Å². The molecule has 0 unspecified atom stereocenters. The summed E-state index contributed by atoms with van der Waals surface area (Å²) in [5.41, 5.74) is 1.51. The number of hydrogen-bond acceptors (Lipinski definition) is 7. The van der Waals surface area contributed by atoms with Gasteiger partial charge < -0.3 is 5.32 Å². The highest BCUT2D eigenvalue weighted by atomic mass is 32.2. The molecule has 0 aliphatic carbocycles. The SMILES string of the molecule is Cc1nc2ccc(Nc3ccc(S(=O)(=O)N4CCCC4)cc3[N+](=O)[O-])cc2s1. The maximum absolute atomic E-state index is 12.7. The number of nitro benzene ring substituents is 1. The number of aromatic nitrogens is 1. The van der Waals surface area contributed by atoms with Gasteiger partial charge in [0.15, 0.2) is 0 Å². The van der Waals surface area contributed by atoms with Gasteiger partial charge in [-0.25, -0.2) is 13.4 Å². The molecule has 2 aromatic carbocycles. The lowest BCUT2D eigenvalue weighted by molar-refractivity contribution is -0.384. The van der Waals surface area contributed by atoms with Gasteiger partial charge in [-0.2, -0.15) is 4.31 Å². The van der Waals surface area contributed by atoms with Crippen LogP contribution < -0.4 is 5.32 Å². The fourth-order valence-electron chi connectivity index (χ4n) is 3.28. The molecule has 1 aliphatic heterocycles. The number of nitro groups is 1. The molecule has 4 rings (SSSR count). The van der Waals surface area contributed by atoms with Crippen molar-refractivity contribution in [1.82, 2.24) is 9.29 Å². The van der Waals surface area contributed by atoms with Crippen LogP contribution in [0.4, 0.5) is 17.1 Å². The Labute approximate surface area is 166 Å². The summed E-state index contributed by atoms with van der Waals surface area (Å²) in [7, 11) is -3.72. The molecular formula is C18H18N4O4S2. The standard InChI is InChI=1S/C18H18N4O4S2/c1-12-19-16-6-4-13(10-18(16)27-12)20-15-7-5-14(11-17(15)22(23)24)28(25,26)21-8-2-3-9-21/h4-7,10-11,20H,2-3,8-9H2,1H3. The number of nitrogens with zero attached hydrogens (tertiary/aromatic N) is 3. The van der Waals surface area contributed by atoms with Gasteiger partial charge >= 0.3 is 0 Å². The van der Waals surface area contributed by atoms with E-state index in [0.717, 1.165) is 34.1 Å². The highest BCUT2D eigenvalue weighted by Crippen LogP contribution is 2.33. The largest absolute Gasteiger partial charge is 0.350 e. The molecule has 0 spiro atoms. The molecular weight excluding hydrogens is 400 g/mol. The number of nitrogens with one attached hydrogen (secondary N) is 1. The lowest BCUT2D eigenvalue weighted by atomic mass is 10.2. The molecule has 10 heteroatoms. The van der Waals surface area contributed by atoms with Gasteiger partial charge in [-0.1, -0.05) is 0 Å². The highest BCUT2D eigenvalue weighted by molar-refractivity contribution is 7.89. The first-order valence-corrected chi connectivity index (χ1v) is 11.0. The molecule has 0 saturated carbocycles. The van der Waals surface area contributed by atoms with Gasteiger partial charge in [0.05, 0.1) is 25.0 Å². The van der Waals surface area contributed by atoms with Gasteiger partial charge in [0.25, 0.3) is 5.69 Å². The zero-order valence-electron chi connectivity index (χ0n) is 15.1.